The molecule has 1 aromatic heterocycles. The molecule has 150 valence electrons. The number of benzene rings is 1. The molecule has 7 nitrogen and oxygen atoms in total. The van der Waals surface area contributed by atoms with Gasteiger partial charge in [0.15, 0.2) is 5.69 Å². The predicted octanol–water partition coefficient (Wildman–Crippen LogP) is 2.61. The number of nitrogens with zero attached hydrogens (tertiary/aromatic N) is 3. The van der Waals surface area contributed by atoms with Gasteiger partial charge in [0.25, 0.3) is 11.5 Å². The molecule has 3 rings (SSSR count). The minimum absolute atomic E-state index is 0.200. The van der Waals surface area contributed by atoms with Crippen LogP contribution in [0.4, 0.5) is 0 Å². The van der Waals surface area contributed by atoms with Gasteiger partial charge in [-0.3, -0.25) is 9.59 Å². The van der Waals surface area contributed by atoms with Crippen LogP contribution >= 0.6 is 0 Å². The second-order valence-electron chi connectivity index (χ2n) is 7.83. The molecule has 1 saturated heterocycles. The molecule has 1 atom stereocenters. The van der Waals surface area contributed by atoms with E-state index in [1.807, 2.05) is 13.8 Å². The van der Waals surface area contributed by atoms with Crippen molar-refractivity contribution in [2.45, 2.75) is 52.6 Å². The van der Waals surface area contributed by atoms with Crippen LogP contribution in [0.25, 0.3) is 10.8 Å². The maximum atomic E-state index is 13.5. The zero-order valence-electron chi connectivity index (χ0n) is 16.9. The number of carbonyl (C=O) groups is 2. The Morgan fingerprint density at radius 1 is 1.25 bits per heavy atom. The molecular formula is C21H27N3O4. The van der Waals surface area contributed by atoms with Crippen molar-refractivity contribution in [1.29, 1.82) is 0 Å². The first-order chi connectivity index (χ1) is 13.3. The molecule has 1 unspecified atom stereocenters. The first-order valence-electron chi connectivity index (χ1n) is 9.78. The molecule has 28 heavy (non-hydrogen) atoms. The third-order valence-electron chi connectivity index (χ3n) is 5.21. The maximum absolute atomic E-state index is 13.5. The average Bonchev–Trinajstić information content (AvgIpc) is 3.06. The van der Waals surface area contributed by atoms with E-state index in [4.69, 9.17) is 4.74 Å². The van der Waals surface area contributed by atoms with E-state index in [0.717, 1.165) is 0 Å². The summed E-state index contributed by atoms with van der Waals surface area (Å²) >= 11 is 0. The highest BCUT2D eigenvalue weighted by Gasteiger charge is 2.47. The summed E-state index contributed by atoms with van der Waals surface area (Å²) in [4.78, 5) is 40.4. The number of carbonyl (C=O) groups excluding carboxylic acids is 2. The van der Waals surface area contributed by atoms with Crippen LogP contribution in [0.5, 0.6) is 0 Å². The lowest BCUT2D eigenvalue weighted by atomic mass is 9.98. The van der Waals surface area contributed by atoms with Crippen LogP contribution in [-0.2, 0) is 16.1 Å². The van der Waals surface area contributed by atoms with Crippen LogP contribution in [0, 0.1) is 5.92 Å². The SMILES string of the molecule is CCOC(=O)C1(C)CCCN1C(=O)c1nn(CC(C)C)c(=O)c2ccccc12. The van der Waals surface area contributed by atoms with Gasteiger partial charge in [-0.05, 0) is 38.7 Å². The van der Waals surface area contributed by atoms with E-state index in [9.17, 15) is 14.4 Å². The number of likely N-dealkylation sites (tertiary alicyclic amines) is 1. The largest absolute Gasteiger partial charge is 0.464 e. The Balaban J connectivity index is 2.12. The summed E-state index contributed by atoms with van der Waals surface area (Å²) in [5.41, 5.74) is -1.03. The highest BCUT2D eigenvalue weighted by Crippen LogP contribution is 2.32. The molecule has 1 fully saturated rings. The first-order valence-corrected chi connectivity index (χ1v) is 9.78. The molecule has 0 radical (unpaired) electrons. The van der Waals surface area contributed by atoms with Crippen LogP contribution < -0.4 is 5.56 Å². The summed E-state index contributed by atoms with van der Waals surface area (Å²) in [5.74, 6) is -0.548. The van der Waals surface area contributed by atoms with Crippen molar-refractivity contribution in [2.24, 2.45) is 5.92 Å². The topological polar surface area (TPSA) is 81.5 Å². The van der Waals surface area contributed by atoms with Gasteiger partial charge in [0, 0.05) is 18.5 Å². The highest BCUT2D eigenvalue weighted by atomic mass is 16.5. The van der Waals surface area contributed by atoms with Crippen LogP contribution in [0.1, 0.15) is 51.0 Å². The zero-order valence-corrected chi connectivity index (χ0v) is 16.9. The third kappa shape index (κ3) is 3.41. The molecule has 0 spiro atoms. The molecule has 1 aliphatic rings. The molecule has 0 saturated carbocycles. The fourth-order valence-corrected chi connectivity index (χ4v) is 3.78. The van der Waals surface area contributed by atoms with Crippen LogP contribution in [-0.4, -0.2) is 45.2 Å². The first kappa shape index (κ1) is 20.0. The van der Waals surface area contributed by atoms with Crippen molar-refractivity contribution < 1.29 is 14.3 Å². The molecule has 2 aromatic rings. The number of fused-ring (bicyclic) bond motifs is 1. The molecule has 2 heterocycles. The normalized spacial score (nSPS) is 19.4. The van der Waals surface area contributed by atoms with Crippen LogP contribution in [0.2, 0.25) is 0 Å². The minimum Gasteiger partial charge on any atom is -0.464 e. The van der Waals surface area contributed by atoms with Crippen molar-refractivity contribution in [1.82, 2.24) is 14.7 Å². The lowest BCUT2D eigenvalue weighted by Gasteiger charge is -2.32. The summed E-state index contributed by atoms with van der Waals surface area (Å²) in [6.07, 6.45) is 1.26. The fraction of sp³-hybridized carbons (Fsp3) is 0.524. The fourth-order valence-electron chi connectivity index (χ4n) is 3.78. The van der Waals surface area contributed by atoms with E-state index >= 15 is 0 Å². The van der Waals surface area contributed by atoms with Gasteiger partial charge in [0.2, 0.25) is 0 Å². The van der Waals surface area contributed by atoms with Gasteiger partial charge in [0.1, 0.15) is 5.54 Å². The molecule has 1 aliphatic heterocycles. The predicted molar refractivity (Wildman–Crippen MR) is 106 cm³/mol. The van der Waals surface area contributed by atoms with E-state index in [0.29, 0.717) is 36.7 Å². The van der Waals surface area contributed by atoms with Crippen molar-refractivity contribution in [3.8, 4) is 0 Å². The summed E-state index contributed by atoms with van der Waals surface area (Å²) in [7, 11) is 0. The van der Waals surface area contributed by atoms with E-state index in [1.54, 1.807) is 43.0 Å². The lowest BCUT2D eigenvalue weighted by Crippen LogP contribution is -2.52. The molecule has 1 aromatic carbocycles. The number of ether oxygens (including phenoxy) is 1. The van der Waals surface area contributed by atoms with E-state index in [1.165, 1.54) is 4.68 Å². The number of aromatic nitrogens is 2. The van der Waals surface area contributed by atoms with Crippen molar-refractivity contribution >= 4 is 22.6 Å². The number of rotatable bonds is 5. The van der Waals surface area contributed by atoms with Gasteiger partial charge in [-0.25, -0.2) is 9.48 Å². The van der Waals surface area contributed by atoms with E-state index < -0.39 is 11.5 Å². The Morgan fingerprint density at radius 2 is 1.93 bits per heavy atom. The van der Waals surface area contributed by atoms with Gasteiger partial charge >= 0.3 is 5.97 Å². The molecule has 1 amide bonds. The third-order valence-corrected chi connectivity index (χ3v) is 5.21. The van der Waals surface area contributed by atoms with Gasteiger partial charge < -0.3 is 9.64 Å². The van der Waals surface area contributed by atoms with E-state index in [2.05, 4.69) is 5.10 Å². The standard InChI is InChI=1S/C21H27N3O4/c1-5-28-20(27)21(4)11-8-12-23(21)19(26)17-15-9-6-7-10-16(15)18(25)24(22-17)13-14(2)3/h6-7,9-10,14H,5,8,11-13H2,1-4H3. The Kier molecular flexibility index (Phi) is 5.54. The van der Waals surface area contributed by atoms with Gasteiger partial charge in [-0.1, -0.05) is 32.0 Å². The summed E-state index contributed by atoms with van der Waals surface area (Å²) in [5, 5.41) is 5.38. The number of esters is 1. The number of amides is 1. The Labute approximate surface area is 164 Å². The Hall–Kier alpha value is -2.70. The number of hydrogen-bond acceptors (Lipinski definition) is 5. The molecule has 0 bridgehead atoms. The van der Waals surface area contributed by atoms with E-state index in [-0.39, 0.29) is 29.7 Å². The van der Waals surface area contributed by atoms with Gasteiger partial charge in [0.05, 0.1) is 12.0 Å². The van der Waals surface area contributed by atoms with Gasteiger partial charge in [-0.2, -0.15) is 5.10 Å². The Morgan fingerprint density at radius 3 is 2.57 bits per heavy atom. The Bertz CT molecular complexity index is 966. The van der Waals surface area contributed by atoms with Crippen LogP contribution in [0.15, 0.2) is 29.1 Å². The quantitative estimate of drug-likeness (QED) is 0.739. The van der Waals surface area contributed by atoms with Gasteiger partial charge in [-0.15, -0.1) is 0 Å². The van der Waals surface area contributed by atoms with Crippen molar-refractivity contribution in [2.75, 3.05) is 13.2 Å². The summed E-state index contributed by atoms with van der Waals surface area (Å²) in [6, 6.07) is 6.99. The zero-order chi connectivity index (χ0) is 20.5. The van der Waals surface area contributed by atoms with Crippen LogP contribution in [0.3, 0.4) is 0 Å². The second kappa shape index (κ2) is 7.73. The lowest BCUT2D eigenvalue weighted by molar-refractivity contribution is -0.153. The molecule has 0 N–H and O–H groups in total. The second-order valence-corrected chi connectivity index (χ2v) is 7.83. The molecule has 7 heteroatoms. The summed E-state index contributed by atoms with van der Waals surface area (Å²) in [6.45, 7) is 8.59. The molecular weight excluding hydrogens is 358 g/mol. The molecule has 0 aliphatic carbocycles. The monoisotopic (exact) mass is 385 g/mol. The van der Waals surface area contributed by atoms with Crippen molar-refractivity contribution in [3.63, 3.8) is 0 Å². The minimum atomic E-state index is -1.02. The number of hydrogen-bond donors (Lipinski definition) is 0. The highest BCUT2D eigenvalue weighted by molar-refractivity contribution is 6.06. The smallest absolute Gasteiger partial charge is 0.331 e. The summed E-state index contributed by atoms with van der Waals surface area (Å²) < 4.78 is 6.58. The average molecular weight is 385 g/mol. The van der Waals surface area contributed by atoms with Crippen molar-refractivity contribution in [3.05, 3.63) is 40.3 Å². The maximum Gasteiger partial charge on any atom is 0.331 e.